The van der Waals surface area contributed by atoms with Crippen molar-refractivity contribution < 1.29 is 14.3 Å². The lowest BCUT2D eigenvalue weighted by atomic mass is 9.98. The second-order valence-corrected chi connectivity index (χ2v) is 6.33. The molecule has 1 saturated heterocycles. The van der Waals surface area contributed by atoms with Crippen molar-refractivity contribution in [3.8, 4) is 0 Å². The van der Waals surface area contributed by atoms with Crippen LogP contribution in [0.5, 0.6) is 0 Å². The van der Waals surface area contributed by atoms with E-state index in [4.69, 9.17) is 4.74 Å². The zero-order valence-corrected chi connectivity index (χ0v) is 13.1. The lowest BCUT2D eigenvalue weighted by Crippen LogP contribution is -2.19. The maximum atomic E-state index is 12.0. The van der Waals surface area contributed by atoms with Crippen molar-refractivity contribution in [2.24, 2.45) is 5.92 Å². The van der Waals surface area contributed by atoms with Gasteiger partial charge in [-0.2, -0.15) is 11.8 Å². The first-order chi connectivity index (χ1) is 10.2. The number of carbonyl (C=O) groups excluding carboxylic acids is 2. The molecule has 0 saturated carbocycles. The summed E-state index contributed by atoms with van der Waals surface area (Å²) < 4.78 is 4.92. The number of benzene rings is 1. The van der Waals surface area contributed by atoms with Crippen LogP contribution in [0.15, 0.2) is 24.3 Å². The molecule has 0 radical (unpaired) electrons. The SMILES string of the molecule is CCOC(=O)c1ccc(NC(=O)CC2CCSCC2)cc1. The summed E-state index contributed by atoms with van der Waals surface area (Å²) in [6, 6.07) is 6.82. The molecule has 1 aliphatic rings. The maximum absolute atomic E-state index is 12.0. The van der Waals surface area contributed by atoms with Crippen LogP contribution in [-0.2, 0) is 9.53 Å². The van der Waals surface area contributed by atoms with Gasteiger partial charge in [0, 0.05) is 12.1 Å². The molecule has 1 amide bonds. The lowest BCUT2D eigenvalue weighted by Gasteiger charge is -2.20. The predicted molar refractivity (Wildman–Crippen MR) is 85.7 cm³/mol. The average molecular weight is 307 g/mol. The molecule has 0 unspecified atom stereocenters. The smallest absolute Gasteiger partial charge is 0.338 e. The third-order valence-electron chi connectivity index (χ3n) is 3.49. The van der Waals surface area contributed by atoms with E-state index in [-0.39, 0.29) is 11.9 Å². The molecular formula is C16H21NO3S. The van der Waals surface area contributed by atoms with Crippen LogP contribution in [0.3, 0.4) is 0 Å². The summed E-state index contributed by atoms with van der Waals surface area (Å²) in [5.41, 5.74) is 1.22. The number of ether oxygens (including phenoxy) is 1. The molecule has 21 heavy (non-hydrogen) atoms. The van der Waals surface area contributed by atoms with Crippen molar-refractivity contribution >= 4 is 29.3 Å². The zero-order valence-electron chi connectivity index (χ0n) is 12.3. The minimum absolute atomic E-state index is 0.0517. The molecule has 0 atom stereocenters. The molecule has 2 rings (SSSR count). The van der Waals surface area contributed by atoms with Crippen LogP contribution in [-0.4, -0.2) is 30.0 Å². The van der Waals surface area contributed by atoms with Gasteiger partial charge in [0.15, 0.2) is 0 Å². The number of esters is 1. The third-order valence-corrected chi connectivity index (χ3v) is 4.54. The number of hydrogen-bond donors (Lipinski definition) is 1. The number of hydrogen-bond acceptors (Lipinski definition) is 4. The van der Waals surface area contributed by atoms with E-state index in [1.54, 1.807) is 31.2 Å². The number of thioether (sulfide) groups is 1. The standard InChI is InChI=1S/C16H21NO3S/c1-2-20-16(19)13-3-5-14(6-4-13)17-15(18)11-12-7-9-21-10-8-12/h3-6,12H,2,7-11H2,1H3,(H,17,18). The molecule has 4 nitrogen and oxygen atoms in total. The lowest BCUT2D eigenvalue weighted by molar-refractivity contribution is -0.117. The van der Waals surface area contributed by atoms with E-state index in [1.165, 1.54) is 0 Å². The molecule has 5 heteroatoms. The summed E-state index contributed by atoms with van der Waals surface area (Å²) in [4.78, 5) is 23.5. The van der Waals surface area contributed by atoms with Gasteiger partial charge in [0.25, 0.3) is 0 Å². The highest BCUT2D eigenvalue weighted by atomic mass is 32.2. The monoisotopic (exact) mass is 307 g/mol. The Bertz CT molecular complexity index is 481. The molecule has 1 N–H and O–H groups in total. The van der Waals surface area contributed by atoms with Crippen LogP contribution in [0.4, 0.5) is 5.69 Å². The molecule has 1 heterocycles. The number of amides is 1. The van der Waals surface area contributed by atoms with Crippen molar-refractivity contribution in [3.63, 3.8) is 0 Å². The molecule has 1 aromatic carbocycles. The highest BCUT2D eigenvalue weighted by Gasteiger charge is 2.17. The molecule has 0 spiro atoms. The van der Waals surface area contributed by atoms with Gasteiger partial charge < -0.3 is 10.1 Å². The van der Waals surface area contributed by atoms with Crippen molar-refractivity contribution in [2.75, 3.05) is 23.4 Å². The van der Waals surface area contributed by atoms with Crippen LogP contribution >= 0.6 is 11.8 Å². The van der Waals surface area contributed by atoms with Crippen LogP contribution < -0.4 is 5.32 Å². The molecule has 0 bridgehead atoms. The normalized spacial score (nSPS) is 15.5. The molecule has 114 valence electrons. The fraction of sp³-hybridized carbons (Fsp3) is 0.500. The average Bonchev–Trinajstić information content (AvgIpc) is 2.49. The first kappa shape index (κ1) is 15.9. The van der Waals surface area contributed by atoms with Crippen LogP contribution in [0, 0.1) is 5.92 Å². The Balaban J connectivity index is 1.84. The first-order valence-corrected chi connectivity index (χ1v) is 8.49. The summed E-state index contributed by atoms with van der Waals surface area (Å²) >= 11 is 1.96. The molecule has 1 fully saturated rings. The van der Waals surface area contributed by atoms with Gasteiger partial charge in [-0.15, -0.1) is 0 Å². The summed E-state index contributed by atoms with van der Waals surface area (Å²) in [5.74, 6) is 2.54. The second-order valence-electron chi connectivity index (χ2n) is 5.11. The Morgan fingerprint density at radius 1 is 1.24 bits per heavy atom. The Morgan fingerprint density at radius 3 is 2.52 bits per heavy atom. The Kier molecular flexibility index (Phi) is 6.11. The van der Waals surface area contributed by atoms with Gasteiger partial charge in [-0.3, -0.25) is 4.79 Å². The summed E-state index contributed by atoms with van der Waals surface area (Å²) in [6.45, 7) is 2.13. The van der Waals surface area contributed by atoms with Gasteiger partial charge in [-0.25, -0.2) is 4.79 Å². The van der Waals surface area contributed by atoms with Crippen LogP contribution in [0.25, 0.3) is 0 Å². The van der Waals surface area contributed by atoms with Gasteiger partial charge >= 0.3 is 5.97 Å². The number of rotatable bonds is 5. The maximum Gasteiger partial charge on any atom is 0.338 e. The predicted octanol–water partition coefficient (Wildman–Crippen LogP) is 3.34. The second kappa shape index (κ2) is 8.08. The van der Waals surface area contributed by atoms with E-state index in [0.717, 1.165) is 30.0 Å². The summed E-state index contributed by atoms with van der Waals surface area (Å²) in [5, 5.41) is 2.89. The van der Waals surface area contributed by atoms with Gasteiger partial charge in [-0.1, -0.05) is 0 Å². The number of anilines is 1. The minimum Gasteiger partial charge on any atom is -0.462 e. The minimum atomic E-state index is -0.338. The molecule has 1 aromatic rings. The molecule has 0 aliphatic carbocycles. The third kappa shape index (κ3) is 5.08. The molecule has 0 aromatic heterocycles. The van der Waals surface area contributed by atoms with Crippen molar-refractivity contribution in [3.05, 3.63) is 29.8 Å². The van der Waals surface area contributed by atoms with Crippen molar-refractivity contribution in [2.45, 2.75) is 26.2 Å². The van der Waals surface area contributed by atoms with Crippen molar-refractivity contribution in [1.82, 2.24) is 0 Å². The van der Waals surface area contributed by atoms with Crippen LogP contribution in [0.2, 0.25) is 0 Å². The summed E-state index contributed by atoms with van der Waals surface area (Å²) in [7, 11) is 0. The Hall–Kier alpha value is -1.49. The van der Waals surface area contributed by atoms with E-state index in [9.17, 15) is 9.59 Å². The van der Waals surface area contributed by atoms with Gasteiger partial charge in [0.1, 0.15) is 0 Å². The Labute approximate surface area is 129 Å². The highest BCUT2D eigenvalue weighted by molar-refractivity contribution is 7.99. The summed E-state index contributed by atoms with van der Waals surface area (Å²) in [6.07, 6.45) is 2.83. The van der Waals surface area contributed by atoms with E-state index >= 15 is 0 Å². The van der Waals surface area contributed by atoms with E-state index in [1.807, 2.05) is 11.8 Å². The molecular weight excluding hydrogens is 286 g/mol. The fourth-order valence-electron chi connectivity index (χ4n) is 2.33. The highest BCUT2D eigenvalue weighted by Crippen LogP contribution is 2.25. The molecule has 1 aliphatic heterocycles. The van der Waals surface area contributed by atoms with Crippen LogP contribution in [0.1, 0.15) is 36.5 Å². The fourth-order valence-corrected chi connectivity index (χ4v) is 3.53. The first-order valence-electron chi connectivity index (χ1n) is 7.34. The Morgan fingerprint density at radius 2 is 1.90 bits per heavy atom. The largest absolute Gasteiger partial charge is 0.462 e. The van der Waals surface area contributed by atoms with Gasteiger partial charge in [0.05, 0.1) is 12.2 Å². The quantitative estimate of drug-likeness (QED) is 0.848. The topological polar surface area (TPSA) is 55.4 Å². The van der Waals surface area contributed by atoms with E-state index in [0.29, 0.717) is 24.5 Å². The van der Waals surface area contributed by atoms with Crippen molar-refractivity contribution in [1.29, 1.82) is 0 Å². The number of nitrogens with one attached hydrogen (secondary N) is 1. The van der Waals surface area contributed by atoms with Gasteiger partial charge in [-0.05, 0) is 61.5 Å². The van der Waals surface area contributed by atoms with E-state index in [2.05, 4.69) is 5.32 Å². The number of carbonyl (C=O) groups is 2. The van der Waals surface area contributed by atoms with Gasteiger partial charge in [0.2, 0.25) is 5.91 Å². The zero-order chi connectivity index (χ0) is 15.1. The van der Waals surface area contributed by atoms with E-state index < -0.39 is 0 Å².